The molecule has 3 heteroatoms. The lowest BCUT2D eigenvalue weighted by molar-refractivity contribution is 0.0215. The quantitative estimate of drug-likeness (QED) is 0.326. The molecule has 0 bridgehead atoms. The van der Waals surface area contributed by atoms with Crippen LogP contribution in [-0.4, -0.2) is 22.4 Å². The lowest BCUT2D eigenvalue weighted by Gasteiger charge is -2.03. The Morgan fingerprint density at radius 2 is 2.00 bits per heavy atom. The Morgan fingerprint density at radius 1 is 1.38 bits per heavy atom. The predicted molar refractivity (Wildman–Crippen MR) is 35.1 cm³/mol. The normalized spacial score (nSPS) is 10.5. The molecule has 0 amide bonds. The number of rotatable bonds is 4. The van der Waals surface area contributed by atoms with Crippen molar-refractivity contribution in [3.05, 3.63) is 0 Å². The Morgan fingerprint density at radius 3 is 2.38 bits per heavy atom. The summed E-state index contributed by atoms with van der Waals surface area (Å²) in [6.07, 6.45) is 0. The topological polar surface area (TPSA) is 18.5 Å². The summed E-state index contributed by atoms with van der Waals surface area (Å²) in [4.78, 5) is 0. The molecule has 0 unspecified atom stereocenters. The van der Waals surface area contributed by atoms with Crippen LogP contribution in [0.2, 0.25) is 13.1 Å². The van der Waals surface area contributed by atoms with Gasteiger partial charge in [0.2, 0.25) is 9.04 Å². The molecule has 0 aromatic rings. The summed E-state index contributed by atoms with van der Waals surface area (Å²) in [6.45, 7) is 7.35. The average molecular weight is 133 g/mol. The monoisotopic (exact) mass is 133 g/mol. The van der Waals surface area contributed by atoms with Gasteiger partial charge in [0.1, 0.15) is 6.79 Å². The van der Waals surface area contributed by atoms with Crippen LogP contribution < -0.4 is 0 Å². The van der Waals surface area contributed by atoms with Gasteiger partial charge >= 0.3 is 0 Å². The van der Waals surface area contributed by atoms with Gasteiger partial charge in [0.05, 0.1) is 0 Å². The van der Waals surface area contributed by atoms with Gasteiger partial charge in [-0.05, 0) is 20.0 Å². The largest absolute Gasteiger partial charge is 0.395 e. The maximum Gasteiger partial charge on any atom is 0.208 e. The molecule has 1 radical (unpaired) electrons. The molecule has 0 atom stereocenters. The first kappa shape index (κ1) is 8.14. The highest BCUT2D eigenvalue weighted by Gasteiger charge is 1.92. The molecule has 0 rings (SSSR count). The van der Waals surface area contributed by atoms with E-state index in [-0.39, 0.29) is 0 Å². The van der Waals surface area contributed by atoms with Gasteiger partial charge in [0, 0.05) is 6.61 Å². The molecule has 49 valence electrons. The van der Waals surface area contributed by atoms with E-state index in [1.54, 1.807) is 0 Å². The maximum absolute atomic E-state index is 5.16. The molecular weight excluding hydrogens is 120 g/mol. The van der Waals surface area contributed by atoms with Crippen LogP contribution in [-0.2, 0) is 9.16 Å². The summed E-state index contributed by atoms with van der Waals surface area (Å²) in [5, 5.41) is 0. The third kappa shape index (κ3) is 6.14. The van der Waals surface area contributed by atoms with Gasteiger partial charge in [-0.15, -0.1) is 0 Å². The lowest BCUT2D eigenvalue weighted by atomic mass is 10.9. The van der Waals surface area contributed by atoms with Gasteiger partial charge in [-0.2, -0.15) is 0 Å². The fourth-order valence-electron chi connectivity index (χ4n) is 0.243. The highest BCUT2D eigenvalue weighted by Crippen LogP contribution is 1.83. The zero-order chi connectivity index (χ0) is 6.41. The fourth-order valence-corrected chi connectivity index (χ4v) is 0.562. The Labute approximate surface area is 52.5 Å². The van der Waals surface area contributed by atoms with Crippen molar-refractivity contribution in [3.8, 4) is 0 Å². The van der Waals surface area contributed by atoms with Crippen molar-refractivity contribution in [1.29, 1.82) is 0 Å². The maximum atomic E-state index is 5.16. The number of ether oxygens (including phenoxy) is 1. The van der Waals surface area contributed by atoms with E-state index >= 15 is 0 Å². The van der Waals surface area contributed by atoms with Crippen molar-refractivity contribution in [2.45, 2.75) is 20.0 Å². The van der Waals surface area contributed by atoms with Crippen LogP contribution >= 0.6 is 0 Å². The summed E-state index contributed by atoms with van der Waals surface area (Å²) in [5.41, 5.74) is 0. The van der Waals surface area contributed by atoms with Crippen LogP contribution in [0.15, 0.2) is 0 Å². The van der Waals surface area contributed by atoms with Gasteiger partial charge in [-0.3, -0.25) is 0 Å². The Bertz CT molecular complexity index is 47.7. The zero-order valence-electron chi connectivity index (χ0n) is 5.73. The molecule has 0 N–H and O–H groups in total. The minimum atomic E-state index is -0.532. The van der Waals surface area contributed by atoms with E-state index in [2.05, 4.69) is 13.1 Å². The lowest BCUT2D eigenvalue weighted by Crippen LogP contribution is -2.10. The van der Waals surface area contributed by atoms with Gasteiger partial charge < -0.3 is 9.16 Å². The van der Waals surface area contributed by atoms with Gasteiger partial charge in [0.25, 0.3) is 0 Å². The zero-order valence-corrected chi connectivity index (χ0v) is 6.73. The Kier molecular flexibility index (Phi) is 5.37. The summed E-state index contributed by atoms with van der Waals surface area (Å²) in [6, 6.07) is 0. The van der Waals surface area contributed by atoms with Gasteiger partial charge in [-0.1, -0.05) is 0 Å². The van der Waals surface area contributed by atoms with E-state index in [4.69, 9.17) is 9.16 Å². The van der Waals surface area contributed by atoms with Crippen molar-refractivity contribution in [1.82, 2.24) is 0 Å². The second-order valence-electron chi connectivity index (χ2n) is 1.66. The minimum absolute atomic E-state index is 0.470. The SMILES string of the molecule is CCOCO[Si](C)C. The number of hydrogen-bond acceptors (Lipinski definition) is 2. The molecular formula is C5H13O2Si. The molecule has 0 aliphatic heterocycles. The predicted octanol–water partition coefficient (Wildman–Crippen LogP) is 1.25. The van der Waals surface area contributed by atoms with E-state index in [1.807, 2.05) is 6.92 Å². The van der Waals surface area contributed by atoms with E-state index in [0.29, 0.717) is 6.79 Å². The molecule has 0 aliphatic rings. The molecule has 0 spiro atoms. The van der Waals surface area contributed by atoms with Crippen molar-refractivity contribution >= 4 is 9.04 Å². The van der Waals surface area contributed by atoms with E-state index < -0.39 is 9.04 Å². The molecule has 0 aromatic carbocycles. The second-order valence-corrected chi connectivity index (χ2v) is 3.77. The molecule has 0 fully saturated rings. The van der Waals surface area contributed by atoms with Gasteiger partial charge in [0.15, 0.2) is 0 Å². The Balaban J connectivity index is 2.72. The summed E-state index contributed by atoms with van der Waals surface area (Å²) >= 11 is 0. The first-order valence-electron chi connectivity index (χ1n) is 2.78. The molecule has 0 saturated heterocycles. The van der Waals surface area contributed by atoms with Crippen LogP contribution in [0.4, 0.5) is 0 Å². The van der Waals surface area contributed by atoms with Crippen molar-refractivity contribution in [2.24, 2.45) is 0 Å². The van der Waals surface area contributed by atoms with E-state index in [0.717, 1.165) is 6.61 Å². The van der Waals surface area contributed by atoms with Crippen molar-refractivity contribution in [2.75, 3.05) is 13.4 Å². The number of hydrogen-bond donors (Lipinski definition) is 0. The fraction of sp³-hybridized carbons (Fsp3) is 1.00. The minimum Gasteiger partial charge on any atom is -0.395 e. The van der Waals surface area contributed by atoms with Gasteiger partial charge in [-0.25, -0.2) is 0 Å². The third-order valence-electron chi connectivity index (χ3n) is 0.635. The van der Waals surface area contributed by atoms with E-state index in [9.17, 15) is 0 Å². The molecule has 0 aromatic heterocycles. The highest BCUT2D eigenvalue weighted by atomic mass is 28.3. The first-order chi connectivity index (χ1) is 3.77. The summed E-state index contributed by atoms with van der Waals surface area (Å²) in [7, 11) is -0.532. The second kappa shape index (κ2) is 5.28. The Hall–Kier alpha value is 0.137. The van der Waals surface area contributed by atoms with Crippen LogP contribution in [0.1, 0.15) is 6.92 Å². The molecule has 8 heavy (non-hydrogen) atoms. The molecule has 0 aliphatic carbocycles. The molecule has 2 nitrogen and oxygen atoms in total. The smallest absolute Gasteiger partial charge is 0.208 e. The van der Waals surface area contributed by atoms with Crippen molar-refractivity contribution < 1.29 is 9.16 Å². The van der Waals surface area contributed by atoms with Crippen LogP contribution in [0.3, 0.4) is 0 Å². The third-order valence-corrected chi connectivity index (χ3v) is 1.33. The van der Waals surface area contributed by atoms with Crippen molar-refractivity contribution in [3.63, 3.8) is 0 Å². The van der Waals surface area contributed by atoms with Crippen LogP contribution in [0.5, 0.6) is 0 Å². The summed E-state index contributed by atoms with van der Waals surface area (Å²) in [5.74, 6) is 0. The average Bonchev–Trinajstić information content (AvgIpc) is 1.66. The first-order valence-corrected chi connectivity index (χ1v) is 5.19. The molecule has 0 heterocycles. The van der Waals surface area contributed by atoms with E-state index in [1.165, 1.54) is 0 Å². The highest BCUT2D eigenvalue weighted by molar-refractivity contribution is 6.48. The van der Waals surface area contributed by atoms with Crippen LogP contribution in [0, 0.1) is 0 Å². The molecule has 0 saturated carbocycles. The summed E-state index contributed by atoms with van der Waals surface area (Å²) < 4.78 is 10.1. The van der Waals surface area contributed by atoms with Crippen LogP contribution in [0.25, 0.3) is 0 Å². The standard InChI is InChI=1S/C5H13O2Si/c1-4-6-5-7-8(2)3/h4-5H2,1-3H3.